The van der Waals surface area contributed by atoms with Crippen LogP contribution in [-0.2, 0) is 0 Å². The van der Waals surface area contributed by atoms with Crippen LogP contribution in [0.15, 0.2) is 60.7 Å². The first-order valence-electron chi connectivity index (χ1n) is 11.6. The SMILES string of the molecule is CCN(C(=O)c1ccc2ccc(C(=N)N)cc2c1)c1ccc(OC2CCN(C(C)=N)CC2)cc1.Cl.Cl. The van der Waals surface area contributed by atoms with Crippen molar-refractivity contribution in [3.05, 3.63) is 71.8 Å². The molecular formula is C27H33Cl2N5O2. The number of amides is 1. The van der Waals surface area contributed by atoms with Gasteiger partial charge in [-0.3, -0.25) is 15.6 Å². The molecule has 3 aromatic rings. The fraction of sp³-hybridized carbons (Fsp3) is 0.296. The Kier molecular flexibility index (Phi) is 10.1. The molecule has 192 valence electrons. The third-order valence-electron chi connectivity index (χ3n) is 6.33. The maximum absolute atomic E-state index is 13.3. The van der Waals surface area contributed by atoms with Crippen molar-refractivity contribution in [1.29, 1.82) is 10.8 Å². The summed E-state index contributed by atoms with van der Waals surface area (Å²) >= 11 is 0. The van der Waals surface area contributed by atoms with E-state index in [4.69, 9.17) is 21.3 Å². The molecule has 7 nitrogen and oxygen atoms in total. The van der Waals surface area contributed by atoms with Crippen LogP contribution in [-0.4, -0.2) is 48.2 Å². The number of halogens is 2. The molecule has 0 radical (unpaired) electrons. The van der Waals surface area contributed by atoms with E-state index in [2.05, 4.69) is 4.90 Å². The van der Waals surface area contributed by atoms with Crippen molar-refractivity contribution in [3.8, 4) is 5.75 Å². The van der Waals surface area contributed by atoms with Crippen LogP contribution in [0.25, 0.3) is 10.8 Å². The zero-order valence-corrected chi connectivity index (χ0v) is 22.1. The Morgan fingerprint density at radius 1 is 0.972 bits per heavy atom. The summed E-state index contributed by atoms with van der Waals surface area (Å²) in [5.74, 6) is 1.32. The fourth-order valence-electron chi connectivity index (χ4n) is 4.35. The van der Waals surface area contributed by atoms with Gasteiger partial charge >= 0.3 is 0 Å². The van der Waals surface area contributed by atoms with E-state index >= 15 is 0 Å². The molecule has 0 atom stereocenters. The Morgan fingerprint density at radius 3 is 2.11 bits per heavy atom. The maximum atomic E-state index is 13.3. The van der Waals surface area contributed by atoms with Crippen molar-refractivity contribution in [1.82, 2.24) is 4.90 Å². The van der Waals surface area contributed by atoms with Crippen LogP contribution < -0.4 is 15.4 Å². The van der Waals surface area contributed by atoms with E-state index in [1.807, 2.05) is 74.5 Å². The van der Waals surface area contributed by atoms with Gasteiger partial charge < -0.3 is 20.3 Å². The Morgan fingerprint density at radius 2 is 1.56 bits per heavy atom. The highest BCUT2D eigenvalue weighted by molar-refractivity contribution is 6.08. The Hall–Kier alpha value is -3.29. The lowest BCUT2D eigenvalue weighted by Gasteiger charge is -2.32. The van der Waals surface area contributed by atoms with Gasteiger partial charge in [-0.2, -0.15) is 0 Å². The fourth-order valence-corrected chi connectivity index (χ4v) is 4.35. The summed E-state index contributed by atoms with van der Waals surface area (Å²) in [6.07, 6.45) is 1.93. The summed E-state index contributed by atoms with van der Waals surface area (Å²) in [5, 5.41) is 17.3. The van der Waals surface area contributed by atoms with Crippen LogP contribution in [0.5, 0.6) is 5.75 Å². The van der Waals surface area contributed by atoms with Gasteiger partial charge in [0.2, 0.25) is 0 Å². The summed E-state index contributed by atoms with van der Waals surface area (Å²) in [6.45, 7) is 6.00. The van der Waals surface area contributed by atoms with Gasteiger partial charge in [0.05, 0.1) is 5.84 Å². The van der Waals surface area contributed by atoms with E-state index in [1.165, 1.54) is 0 Å². The molecule has 0 saturated carbocycles. The van der Waals surface area contributed by atoms with Crippen LogP contribution in [0.3, 0.4) is 0 Å². The number of nitrogens with zero attached hydrogens (tertiary/aromatic N) is 2. The van der Waals surface area contributed by atoms with Crippen molar-refractivity contribution in [3.63, 3.8) is 0 Å². The van der Waals surface area contributed by atoms with E-state index in [0.29, 0.717) is 23.5 Å². The Labute approximate surface area is 224 Å². The largest absolute Gasteiger partial charge is 0.490 e. The molecular weight excluding hydrogens is 497 g/mol. The number of amidine groups is 2. The van der Waals surface area contributed by atoms with Crippen LogP contribution in [0, 0.1) is 10.8 Å². The number of carbonyl (C=O) groups excluding carboxylic acids is 1. The smallest absolute Gasteiger partial charge is 0.258 e. The summed E-state index contributed by atoms with van der Waals surface area (Å²) in [6, 6.07) is 18.8. The second kappa shape index (κ2) is 12.6. The van der Waals surface area contributed by atoms with Crippen LogP contribution in [0.2, 0.25) is 0 Å². The van der Waals surface area contributed by atoms with Crippen LogP contribution >= 0.6 is 24.8 Å². The van der Waals surface area contributed by atoms with E-state index in [0.717, 1.165) is 48.1 Å². The minimum Gasteiger partial charge on any atom is -0.490 e. The maximum Gasteiger partial charge on any atom is 0.258 e. The summed E-state index contributed by atoms with van der Waals surface area (Å²) in [5.41, 5.74) is 7.66. The monoisotopic (exact) mass is 529 g/mol. The first-order chi connectivity index (χ1) is 16.4. The molecule has 36 heavy (non-hydrogen) atoms. The molecule has 1 heterocycles. The molecule has 4 rings (SSSR count). The standard InChI is InChI=1S/C27H31N5O2.2ClH/c1-3-32(27(33)21-7-5-19-4-6-20(26(29)30)16-22(19)17-21)23-8-10-24(11-9-23)34-25-12-14-31(15-13-25)18(2)28;;/h4-11,16-17,25,28H,3,12-15H2,1-2H3,(H3,29,30);2*1H. The average molecular weight is 531 g/mol. The molecule has 1 aliphatic heterocycles. The molecule has 0 spiro atoms. The highest BCUT2D eigenvalue weighted by atomic mass is 35.5. The van der Waals surface area contributed by atoms with Crippen LogP contribution in [0.4, 0.5) is 5.69 Å². The number of hydrogen-bond donors (Lipinski definition) is 3. The third kappa shape index (κ3) is 6.47. The van der Waals surface area contributed by atoms with E-state index in [-0.39, 0.29) is 42.7 Å². The van der Waals surface area contributed by atoms with Crippen molar-refractivity contribution in [2.45, 2.75) is 32.8 Å². The van der Waals surface area contributed by atoms with Gasteiger partial charge in [0.15, 0.2) is 0 Å². The summed E-state index contributed by atoms with van der Waals surface area (Å²) in [7, 11) is 0. The number of hydrogen-bond acceptors (Lipinski definition) is 4. The molecule has 9 heteroatoms. The predicted molar refractivity (Wildman–Crippen MR) is 152 cm³/mol. The number of anilines is 1. The minimum absolute atomic E-state index is 0. The number of nitrogens with two attached hydrogens (primary N) is 1. The summed E-state index contributed by atoms with van der Waals surface area (Å²) < 4.78 is 6.15. The normalized spacial score (nSPS) is 13.3. The number of nitrogens with one attached hydrogen (secondary N) is 2. The van der Waals surface area contributed by atoms with Crippen molar-refractivity contribution in [2.75, 3.05) is 24.5 Å². The molecule has 0 aliphatic carbocycles. The Bertz CT molecular complexity index is 1220. The number of fused-ring (bicyclic) bond motifs is 1. The first kappa shape index (κ1) is 28.9. The molecule has 0 unspecified atom stereocenters. The van der Waals surface area contributed by atoms with Crippen LogP contribution in [0.1, 0.15) is 42.6 Å². The van der Waals surface area contributed by atoms with E-state index in [1.54, 1.807) is 4.90 Å². The molecule has 1 aliphatic rings. The van der Waals surface area contributed by atoms with E-state index in [9.17, 15) is 4.79 Å². The second-order valence-corrected chi connectivity index (χ2v) is 8.62. The lowest BCUT2D eigenvalue weighted by atomic mass is 10.0. The lowest BCUT2D eigenvalue weighted by Crippen LogP contribution is -2.40. The lowest BCUT2D eigenvalue weighted by molar-refractivity contribution is 0.0988. The van der Waals surface area contributed by atoms with Gasteiger partial charge in [0.1, 0.15) is 17.7 Å². The molecule has 0 aromatic heterocycles. The number of benzene rings is 3. The molecule has 1 amide bonds. The number of likely N-dealkylation sites (tertiary alicyclic amines) is 1. The van der Waals surface area contributed by atoms with Crippen molar-refractivity contribution in [2.24, 2.45) is 5.73 Å². The number of rotatable bonds is 6. The molecule has 1 saturated heterocycles. The highest BCUT2D eigenvalue weighted by Crippen LogP contribution is 2.25. The van der Waals surface area contributed by atoms with Crippen molar-refractivity contribution >= 4 is 58.9 Å². The topological polar surface area (TPSA) is 106 Å². The minimum atomic E-state index is -0.0827. The summed E-state index contributed by atoms with van der Waals surface area (Å²) in [4.78, 5) is 17.1. The number of carbonyl (C=O) groups is 1. The zero-order chi connectivity index (χ0) is 24.2. The van der Waals surface area contributed by atoms with Gasteiger partial charge in [-0.05, 0) is 67.1 Å². The van der Waals surface area contributed by atoms with Gasteiger partial charge in [-0.1, -0.05) is 18.2 Å². The second-order valence-electron chi connectivity index (χ2n) is 8.62. The zero-order valence-electron chi connectivity index (χ0n) is 20.5. The van der Waals surface area contributed by atoms with Gasteiger partial charge in [0.25, 0.3) is 5.91 Å². The number of piperidine rings is 1. The molecule has 3 aromatic carbocycles. The molecule has 4 N–H and O–H groups in total. The van der Waals surface area contributed by atoms with Gasteiger partial charge in [-0.15, -0.1) is 24.8 Å². The average Bonchev–Trinajstić information content (AvgIpc) is 2.85. The van der Waals surface area contributed by atoms with Crippen molar-refractivity contribution < 1.29 is 9.53 Å². The quantitative estimate of drug-likeness (QED) is 0.290. The van der Waals surface area contributed by atoms with Gasteiger partial charge in [0, 0.05) is 49.3 Å². The molecule has 0 bridgehead atoms. The molecule has 1 fully saturated rings. The Balaban J connectivity index is 0.00000228. The van der Waals surface area contributed by atoms with E-state index < -0.39 is 0 Å². The van der Waals surface area contributed by atoms with Gasteiger partial charge in [-0.25, -0.2) is 0 Å². The number of nitrogen functional groups attached to an aromatic ring is 1. The highest BCUT2D eigenvalue weighted by Gasteiger charge is 2.21. The predicted octanol–water partition coefficient (Wildman–Crippen LogP) is 5.47. The third-order valence-corrected chi connectivity index (χ3v) is 6.33. The first-order valence-corrected chi connectivity index (χ1v) is 11.6. The number of ether oxygens (including phenoxy) is 1.